The van der Waals surface area contributed by atoms with Crippen LogP contribution in [0.4, 0.5) is 5.69 Å². The van der Waals surface area contributed by atoms with Crippen molar-refractivity contribution in [3.8, 4) is 5.75 Å². The fourth-order valence-electron chi connectivity index (χ4n) is 1.77. The lowest BCUT2D eigenvalue weighted by Gasteiger charge is -2.07. The Balaban J connectivity index is 2.08. The zero-order chi connectivity index (χ0) is 13.9. The summed E-state index contributed by atoms with van der Waals surface area (Å²) in [6, 6.07) is 7.87. The lowest BCUT2D eigenvalue weighted by atomic mass is 10.2. The zero-order valence-corrected chi connectivity index (χ0v) is 11.8. The predicted molar refractivity (Wildman–Crippen MR) is 76.6 cm³/mol. The Kier molecular flexibility index (Phi) is 7.47. The molecule has 0 radical (unpaired) electrons. The normalized spacial score (nSPS) is 10.0. The van der Waals surface area contributed by atoms with Gasteiger partial charge < -0.3 is 14.8 Å². The molecule has 106 valence electrons. The number of ether oxygens (including phenoxy) is 2. The maximum absolute atomic E-state index is 11.1. The highest BCUT2D eigenvalue weighted by Crippen LogP contribution is 2.16. The van der Waals surface area contributed by atoms with Gasteiger partial charge >= 0.3 is 5.97 Å². The van der Waals surface area contributed by atoms with Crippen LogP contribution < -0.4 is 10.1 Å². The van der Waals surface area contributed by atoms with Crippen LogP contribution in [-0.2, 0) is 9.53 Å². The second-order valence-corrected chi connectivity index (χ2v) is 4.27. The van der Waals surface area contributed by atoms with E-state index in [1.807, 2.05) is 31.2 Å². The average Bonchev–Trinajstić information content (AvgIpc) is 2.43. The summed E-state index contributed by atoms with van der Waals surface area (Å²) in [5, 5.41) is 3.34. The summed E-state index contributed by atoms with van der Waals surface area (Å²) < 4.78 is 10.0. The lowest BCUT2D eigenvalue weighted by Crippen LogP contribution is -2.05. The highest BCUT2D eigenvalue weighted by molar-refractivity contribution is 5.69. The van der Waals surface area contributed by atoms with Crippen LogP contribution in [0.5, 0.6) is 5.75 Å². The van der Waals surface area contributed by atoms with Crippen LogP contribution in [0.3, 0.4) is 0 Å². The SMILES string of the molecule is CCOC(=O)CCCCCNc1cccc(OC)c1. The van der Waals surface area contributed by atoms with Crippen LogP contribution in [0.2, 0.25) is 0 Å². The molecular formula is C15H23NO3. The van der Waals surface area contributed by atoms with E-state index >= 15 is 0 Å². The van der Waals surface area contributed by atoms with Crippen molar-refractivity contribution in [2.24, 2.45) is 0 Å². The van der Waals surface area contributed by atoms with Crippen molar-refractivity contribution >= 4 is 11.7 Å². The van der Waals surface area contributed by atoms with Crippen molar-refractivity contribution in [3.63, 3.8) is 0 Å². The Hall–Kier alpha value is -1.71. The molecule has 1 aromatic rings. The van der Waals surface area contributed by atoms with Gasteiger partial charge in [0.1, 0.15) is 5.75 Å². The van der Waals surface area contributed by atoms with Gasteiger partial charge in [0, 0.05) is 24.7 Å². The van der Waals surface area contributed by atoms with Crippen LogP contribution in [0.15, 0.2) is 24.3 Å². The third-order valence-electron chi connectivity index (χ3n) is 2.76. The summed E-state index contributed by atoms with van der Waals surface area (Å²) in [7, 11) is 1.66. The van der Waals surface area contributed by atoms with Gasteiger partial charge in [-0.1, -0.05) is 12.5 Å². The van der Waals surface area contributed by atoms with E-state index in [0.29, 0.717) is 13.0 Å². The fourth-order valence-corrected chi connectivity index (χ4v) is 1.77. The molecule has 4 nitrogen and oxygen atoms in total. The molecule has 0 spiro atoms. The first-order valence-corrected chi connectivity index (χ1v) is 6.79. The molecule has 0 atom stereocenters. The van der Waals surface area contributed by atoms with E-state index in [-0.39, 0.29) is 5.97 Å². The summed E-state index contributed by atoms with van der Waals surface area (Å²) in [4.78, 5) is 11.1. The fraction of sp³-hybridized carbons (Fsp3) is 0.533. The topological polar surface area (TPSA) is 47.6 Å². The molecule has 1 N–H and O–H groups in total. The number of hydrogen-bond acceptors (Lipinski definition) is 4. The molecular weight excluding hydrogens is 242 g/mol. The number of anilines is 1. The number of carbonyl (C=O) groups is 1. The number of methoxy groups -OCH3 is 1. The molecule has 0 aromatic heterocycles. The highest BCUT2D eigenvalue weighted by Gasteiger charge is 2.00. The van der Waals surface area contributed by atoms with Gasteiger partial charge in [0.2, 0.25) is 0 Å². The van der Waals surface area contributed by atoms with E-state index in [0.717, 1.165) is 37.2 Å². The standard InChI is InChI=1S/C15H23NO3/c1-3-19-15(17)10-5-4-6-11-16-13-8-7-9-14(12-13)18-2/h7-9,12,16H,3-6,10-11H2,1-2H3. The maximum atomic E-state index is 11.1. The highest BCUT2D eigenvalue weighted by atomic mass is 16.5. The van der Waals surface area contributed by atoms with Crippen molar-refractivity contribution in [2.75, 3.05) is 25.6 Å². The first kappa shape index (κ1) is 15.3. The molecule has 1 rings (SSSR count). The number of rotatable bonds is 9. The molecule has 0 aliphatic carbocycles. The summed E-state index contributed by atoms with van der Waals surface area (Å²) in [6.45, 7) is 3.20. The Bertz CT molecular complexity index is 379. The molecule has 0 aliphatic heterocycles. The number of unbranched alkanes of at least 4 members (excludes halogenated alkanes) is 2. The van der Waals surface area contributed by atoms with Gasteiger partial charge in [0.05, 0.1) is 13.7 Å². The van der Waals surface area contributed by atoms with E-state index in [9.17, 15) is 4.79 Å². The third-order valence-corrected chi connectivity index (χ3v) is 2.76. The third kappa shape index (κ3) is 6.70. The van der Waals surface area contributed by atoms with Crippen LogP contribution in [-0.4, -0.2) is 26.2 Å². The molecule has 0 saturated heterocycles. The minimum Gasteiger partial charge on any atom is -0.497 e. The summed E-state index contributed by atoms with van der Waals surface area (Å²) in [5.41, 5.74) is 1.06. The van der Waals surface area contributed by atoms with E-state index < -0.39 is 0 Å². The summed E-state index contributed by atoms with van der Waals surface area (Å²) >= 11 is 0. The van der Waals surface area contributed by atoms with Crippen molar-refractivity contribution in [2.45, 2.75) is 32.6 Å². The first-order valence-electron chi connectivity index (χ1n) is 6.79. The first-order chi connectivity index (χ1) is 9.26. The molecule has 4 heteroatoms. The lowest BCUT2D eigenvalue weighted by molar-refractivity contribution is -0.143. The molecule has 19 heavy (non-hydrogen) atoms. The number of benzene rings is 1. The van der Waals surface area contributed by atoms with Gasteiger partial charge in [-0.25, -0.2) is 0 Å². The van der Waals surface area contributed by atoms with Gasteiger partial charge in [-0.3, -0.25) is 4.79 Å². The average molecular weight is 265 g/mol. The molecule has 0 aliphatic rings. The van der Waals surface area contributed by atoms with Crippen molar-refractivity contribution in [1.29, 1.82) is 0 Å². The largest absolute Gasteiger partial charge is 0.497 e. The van der Waals surface area contributed by atoms with Crippen LogP contribution in [0.25, 0.3) is 0 Å². The molecule has 0 saturated carbocycles. The van der Waals surface area contributed by atoms with Crippen LogP contribution in [0, 0.1) is 0 Å². The molecule has 0 unspecified atom stereocenters. The Morgan fingerprint density at radius 3 is 2.84 bits per heavy atom. The number of carbonyl (C=O) groups excluding carboxylic acids is 1. The van der Waals surface area contributed by atoms with E-state index in [1.54, 1.807) is 7.11 Å². The van der Waals surface area contributed by atoms with Crippen LogP contribution in [0.1, 0.15) is 32.6 Å². The predicted octanol–water partition coefficient (Wildman–Crippen LogP) is 3.23. The minimum absolute atomic E-state index is 0.0942. The van der Waals surface area contributed by atoms with E-state index in [1.165, 1.54) is 0 Å². The van der Waals surface area contributed by atoms with Crippen molar-refractivity contribution < 1.29 is 14.3 Å². The molecule has 0 amide bonds. The molecule has 0 bridgehead atoms. The second-order valence-electron chi connectivity index (χ2n) is 4.27. The van der Waals surface area contributed by atoms with Crippen LogP contribution >= 0.6 is 0 Å². The zero-order valence-electron chi connectivity index (χ0n) is 11.8. The van der Waals surface area contributed by atoms with Crippen molar-refractivity contribution in [1.82, 2.24) is 0 Å². The smallest absolute Gasteiger partial charge is 0.305 e. The van der Waals surface area contributed by atoms with E-state index in [4.69, 9.17) is 9.47 Å². The molecule has 0 fully saturated rings. The number of nitrogens with one attached hydrogen (secondary N) is 1. The quantitative estimate of drug-likeness (QED) is 0.550. The van der Waals surface area contributed by atoms with Gasteiger partial charge in [-0.2, -0.15) is 0 Å². The molecule has 1 aromatic carbocycles. The Labute approximate surface area is 115 Å². The molecule has 0 heterocycles. The van der Waals surface area contributed by atoms with Crippen molar-refractivity contribution in [3.05, 3.63) is 24.3 Å². The van der Waals surface area contributed by atoms with Gasteiger partial charge in [-0.15, -0.1) is 0 Å². The monoisotopic (exact) mass is 265 g/mol. The summed E-state index contributed by atoms with van der Waals surface area (Å²) in [6.07, 6.45) is 3.47. The van der Waals surface area contributed by atoms with Gasteiger partial charge in [0.15, 0.2) is 0 Å². The second kappa shape index (κ2) is 9.25. The minimum atomic E-state index is -0.0942. The Morgan fingerprint density at radius 1 is 1.26 bits per heavy atom. The number of esters is 1. The number of hydrogen-bond donors (Lipinski definition) is 1. The summed E-state index contributed by atoms with van der Waals surface area (Å²) in [5.74, 6) is 0.760. The van der Waals surface area contributed by atoms with Gasteiger partial charge in [-0.05, 0) is 31.9 Å². The Morgan fingerprint density at radius 2 is 2.11 bits per heavy atom. The maximum Gasteiger partial charge on any atom is 0.305 e. The van der Waals surface area contributed by atoms with Gasteiger partial charge in [0.25, 0.3) is 0 Å². The van der Waals surface area contributed by atoms with E-state index in [2.05, 4.69) is 5.32 Å².